The third kappa shape index (κ3) is 14.0. The Balaban J connectivity index is 1.30. The number of rotatable bonds is 14. The number of para-hydroxylation sites is 1. The minimum absolute atomic E-state index is 0.0672. The van der Waals surface area contributed by atoms with Gasteiger partial charge in [-0.25, -0.2) is 0 Å². The number of nitrogens with one attached hydrogen (secondary N) is 9. The summed E-state index contributed by atoms with van der Waals surface area (Å²) < 4.78 is 0. The zero-order valence-corrected chi connectivity index (χ0v) is 37.9. The van der Waals surface area contributed by atoms with Crippen LogP contribution in [-0.2, 0) is 46.4 Å². The van der Waals surface area contributed by atoms with Gasteiger partial charge in [0.05, 0.1) is 0 Å². The minimum Gasteiger partial charge on any atom is -0.370 e. The first kappa shape index (κ1) is 49.0. The zero-order chi connectivity index (χ0) is 47.0. The van der Waals surface area contributed by atoms with Gasteiger partial charge < -0.3 is 52.8 Å². The molecule has 6 rings (SSSR count). The third-order valence-corrected chi connectivity index (χ3v) is 13.0. The molecule has 3 fully saturated rings. The van der Waals surface area contributed by atoms with Gasteiger partial charge in [0.1, 0.15) is 36.3 Å². The number of benzene rings is 2. The molecule has 0 unspecified atom stereocenters. The highest BCUT2D eigenvalue weighted by atomic mass is 16.2. The van der Waals surface area contributed by atoms with E-state index in [-0.39, 0.29) is 57.7 Å². The van der Waals surface area contributed by atoms with Crippen molar-refractivity contribution in [2.45, 2.75) is 139 Å². The number of guanidine groups is 1. The average Bonchev–Trinajstić information content (AvgIpc) is 3.97. The van der Waals surface area contributed by atoms with E-state index >= 15 is 0 Å². The van der Waals surface area contributed by atoms with Crippen LogP contribution >= 0.6 is 0 Å². The molecule has 11 N–H and O–H groups in total. The maximum absolute atomic E-state index is 14.6. The van der Waals surface area contributed by atoms with Gasteiger partial charge >= 0.3 is 0 Å². The summed E-state index contributed by atoms with van der Waals surface area (Å²) in [6, 6.07) is 10.5. The van der Waals surface area contributed by atoms with E-state index in [1.807, 2.05) is 54.6 Å². The Labute approximate surface area is 386 Å². The molecule has 3 heterocycles. The second-order valence-electron chi connectivity index (χ2n) is 17.9. The van der Waals surface area contributed by atoms with Crippen LogP contribution in [0.3, 0.4) is 0 Å². The molecular formula is C48H67N11O7. The molecule has 2 saturated heterocycles. The number of aromatic amines is 1. The largest absolute Gasteiger partial charge is 0.370 e. The summed E-state index contributed by atoms with van der Waals surface area (Å²) in [6.45, 7) is 1.88. The van der Waals surface area contributed by atoms with Crippen molar-refractivity contribution in [3.63, 3.8) is 0 Å². The second-order valence-corrected chi connectivity index (χ2v) is 17.9. The monoisotopic (exact) mass is 910 g/mol. The van der Waals surface area contributed by atoms with Crippen molar-refractivity contribution in [2.75, 3.05) is 19.6 Å². The smallest absolute Gasteiger partial charge is 0.245 e. The summed E-state index contributed by atoms with van der Waals surface area (Å²) >= 11 is 0. The van der Waals surface area contributed by atoms with E-state index in [0.29, 0.717) is 38.0 Å². The average molecular weight is 910 g/mol. The van der Waals surface area contributed by atoms with Crippen LogP contribution in [0.5, 0.6) is 0 Å². The van der Waals surface area contributed by atoms with Gasteiger partial charge in [-0.15, -0.1) is 0 Å². The second kappa shape index (κ2) is 24.2. The van der Waals surface area contributed by atoms with Gasteiger partial charge in [0.25, 0.3) is 0 Å². The van der Waals surface area contributed by atoms with Crippen molar-refractivity contribution in [2.24, 2.45) is 11.7 Å². The molecule has 0 radical (unpaired) electrons. The van der Waals surface area contributed by atoms with Crippen molar-refractivity contribution in [3.05, 3.63) is 71.9 Å². The molecule has 3 aromatic rings. The van der Waals surface area contributed by atoms with Crippen LogP contribution in [0, 0.1) is 11.3 Å². The number of hydrogen-bond acceptors (Lipinski definition) is 8. The number of fused-ring (bicyclic) bond motifs is 2. The topological polar surface area (TPSA) is 273 Å². The van der Waals surface area contributed by atoms with Gasteiger partial charge in [0.15, 0.2) is 5.96 Å². The molecule has 66 heavy (non-hydrogen) atoms. The lowest BCUT2D eigenvalue weighted by Crippen LogP contribution is -2.60. The predicted octanol–water partition coefficient (Wildman–Crippen LogP) is 1.92. The van der Waals surface area contributed by atoms with Crippen LogP contribution in [0.15, 0.2) is 60.8 Å². The van der Waals surface area contributed by atoms with Gasteiger partial charge in [0.2, 0.25) is 41.4 Å². The van der Waals surface area contributed by atoms with Crippen LogP contribution in [0.25, 0.3) is 10.9 Å². The van der Waals surface area contributed by atoms with E-state index < -0.39 is 77.6 Å². The van der Waals surface area contributed by atoms with Crippen LogP contribution in [0.1, 0.15) is 102 Å². The quantitative estimate of drug-likeness (QED) is 0.0642. The predicted molar refractivity (Wildman–Crippen MR) is 249 cm³/mol. The normalized spacial score (nSPS) is 23.3. The first-order chi connectivity index (χ1) is 31.9. The van der Waals surface area contributed by atoms with Gasteiger partial charge in [-0.1, -0.05) is 80.6 Å². The molecule has 7 amide bonds. The van der Waals surface area contributed by atoms with Gasteiger partial charge in [-0.05, 0) is 74.5 Å². The van der Waals surface area contributed by atoms with Crippen molar-refractivity contribution in [1.29, 1.82) is 5.41 Å². The lowest BCUT2D eigenvalue weighted by molar-refractivity contribution is -0.142. The Morgan fingerprint density at radius 3 is 2.24 bits per heavy atom. The van der Waals surface area contributed by atoms with Crippen LogP contribution < -0.4 is 43.0 Å². The van der Waals surface area contributed by atoms with E-state index in [0.717, 1.165) is 54.1 Å². The molecule has 1 saturated carbocycles. The lowest BCUT2D eigenvalue weighted by Gasteiger charge is -2.32. The highest BCUT2D eigenvalue weighted by molar-refractivity contribution is 5.98. The fourth-order valence-electron chi connectivity index (χ4n) is 9.47. The van der Waals surface area contributed by atoms with E-state index in [1.54, 1.807) is 6.20 Å². The van der Waals surface area contributed by atoms with Crippen molar-refractivity contribution < 1.29 is 33.6 Å². The summed E-state index contributed by atoms with van der Waals surface area (Å²) in [7, 11) is 0. The molecule has 18 nitrogen and oxygen atoms in total. The fourth-order valence-corrected chi connectivity index (χ4v) is 9.47. The summed E-state index contributed by atoms with van der Waals surface area (Å²) in [5.41, 5.74) is 7.92. The Morgan fingerprint density at radius 2 is 1.48 bits per heavy atom. The summed E-state index contributed by atoms with van der Waals surface area (Å²) in [5, 5.41) is 28.5. The number of hydrogen-bond donors (Lipinski definition) is 10. The number of nitrogens with two attached hydrogens (primary N) is 1. The maximum atomic E-state index is 14.6. The molecule has 0 bridgehead atoms. The molecule has 1 aliphatic carbocycles. The third-order valence-electron chi connectivity index (χ3n) is 13.0. The van der Waals surface area contributed by atoms with E-state index in [4.69, 9.17) is 11.1 Å². The molecule has 0 spiro atoms. The minimum atomic E-state index is -1.15. The number of aromatic nitrogens is 1. The van der Waals surface area contributed by atoms with Gasteiger partial charge in [-0.3, -0.25) is 39.0 Å². The van der Waals surface area contributed by atoms with Crippen LogP contribution in [-0.4, -0.2) is 113 Å². The standard InChI is InChI=1S/C48H67N11O7/c1-30(60)54-39(27-32-15-6-3-7-16-32)44(63)57-38-20-11-24-51-42(61)36(19-10-25-52-48(49)50)55-45(64)40(28-33-29-53-35-18-9-8-17-34(33)35)58-43(62)37(23-22-31-13-4-2-5-14-31)56-46(65)41-21-12-26-59(41)47(38)66/h3,6-9,15-18,29,31,36-41,53H,2,4-5,10-14,19-28H2,1H3,(H,51,61)(H,54,60)(H,55,64)(H,56,65)(H,57,63)(H,58,62)(H4,49,50,52)/t36-,37+,38-,39-,40-,41-/m0/s1. The number of carbonyl (C=O) groups is 7. The molecule has 18 heteroatoms. The summed E-state index contributed by atoms with van der Waals surface area (Å²) in [5.74, 6) is -3.51. The van der Waals surface area contributed by atoms with Crippen LogP contribution in [0.2, 0.25) is 0 Å². The van der Waals surface area contributed by atoms with Crippen molar-refractivity contribution >= 4 is 58.2 Å². The van der Waals surface area contributed by atoms with E-state index in [2.05, 4.69) is 42.2 Å². The number of carbonyl (C=O) groups excluding carboxylic acids is 7. The SMILES string of the molecule is CC(=O)N[C@@H](Cc1ccccc1)C(=O)N[C@H]1CCCNC(=O)[C@H](CCCNC(=N)N)NC(=O)[C@H](Cc2c[nH]c3ccccc23)NC(=O)[C@@H](CCC2CCCCC2)NC(=O)[C@@H]2CCCN2C1=O. The molecule has 3 aliphatic rings. The number of nitrogens with zero attached hydrogens (tertiary/aromatic N) is 1. The Hall–Kier alpha value is -6.46. The first-order valence-electron chi connectivity index (χ1n) is 23.6. The van der Waals surface area contributed by atoms with E-state index in [9.17, 15) is 33.6 Å². The highest BCUT2D eigenvalue weighted by Gasteiger charge is 2.40. The summed E-state index contributed by atoms with van der Waals surface area (Å²) in [4.78, 5) is 103. The van der Waals surface area contributed by atoms with Crippen LogP contribution in [0.4, 0.5) is 0 Å². The molecule has 6 atom stereocenters. The number of amides is 7. The maximum Gasteiger partial charge on any atom is 0.245 e. The van der Waals surface area contributed by atoms with E-state index in [1.165, 1.54) is 11.8 Å². The fraction of sp³-hybridized carbons (Fsp3) is 0.542. The Morgan fingerprint density at radius 1 is 0.788 bits per heavy atom. The Kier molecular flexibility index (Phi) is 17.9. The van der Waals surface area contributed by atoms with Crippen molar-refractivity contribution in [3.8, 4) is 0 Å². The molecule has 356 valence electrons. The highest BCUT2D eigenvalue weighted by Crippen LogP contribution is 2.28. The molecule has 2 aromatic carbocycles. The van der Waals surface area contributed by atoms with Gasteiger partial charge in [0, 0.05) is 56.5 Å². The lowest BCUT2D eigenvalue weighted by atomic mass is 9.85. The number of H-pyrrole nitrogens is 1. The molecule has 1 aromatic heterocycles. The molecule has 2 aliphatic heterocycles. The van der Waals surface area contributed by atoms with Crippen molar-refractivity contribution in [1.82, 2.24) is 47.1 Å². The first-order valence-corrected chi connectivity index (χ1v) is 23.6. The van der Waals surface area contributed by atoms with Gasteiger partial charge in [-0.2, -0.15) is 0 Å². The zero-order valence-electron chi connectivity index (χ0n) is 37.9. The Bertz CT molecular complexity index is 2170. The molecular weight excluding hydrogens is 843 g/mol. The summed E-state index contributed by atoms with van der Waals surface area (Å²) in [6.07, 6.45) is 10.1.